The van der Waals surface area contributed by atoms with E-state index in [-0.39, 0.29) is 18.2 Å². The summed E-state index contributed by atoms with van der Waals surface area (Å²) in [5, 5.41) is 2.47. The van der Waals surface area contributed by atoms with E-state index in [1.54, 1.807) is 0 Å². The Morgan fingerprint density at radius 3 is 2.80 bits per heavy atom. The van der Waals surface area contributed by atoms with Crippen LogP contribution in [0.15, 0.2) is 18.2 Å². The van der Waals surface area contributed by atoms with Crippen LogP contribution in [0.5, 0.6) is 5.75 Å². The van der Waals surface area contributed by atoms with Gasteiger partial charge in [-0.25, -0.2) is 0 Å². The molecular weight excluding hydrogens is 225 g/mol. The molecule has 1 aliphatic rings. The quantitative estimate of drug-likeness (QED) is 0.753. The van der Waals surface area contributed by atoms with E-state index in [1.165, 1.54) is 18.2 Å². The van der Waals surface area contributed by atoms with E-state index >= 15 is 0 Å². The lowest BCUT2D eigenvalue weighted by atomic mass is 10.1. The topological polar surface area (TPSA) is 72.5 Å². The summed E-state index contributed by atoms with van der Waals surface area (Å²) in [6, 6.07) is 4.22. The molecule has 15 heavy (non-hydrogen) atoms. The maximum atomic E-state index is 12.3. The van der Waals surface area contributed by atoms with Gasteiger partial charge in [-0.15, -0.1) is 0 Å². The van der Waals surface area contributed by atoms with Gasteiger partial charge in [0.1, 0.15) is 0 Å². The first-order chi connectivity index (χ1) is 6.97. The zero-order valence-corrected chi connectivity index (χ0v) is 8.17. The number of amides is 1. The van der Waals surface area contributed by atoms with Crippen LogP contribution in [0.4, 0.5) is 3.89 Å². The Hall–Kier alpha value is -1.63. The maximum absolute atomic E-state index is 12.3. The third-order valence-corrected chi connectivity index (χ3v) is 2.37. The minimum Gasteiger partial charge on any atom is -0.358 e. The summed E-state index contributed by atoms with van der Waals surface area (Å²) >= 11 is 0. The lowest BCUT2D eigenvalue weighted by molar-refractivity contribution is 0.0965. The molecule has 1 aromatic carbocycles. The average molecular weight is 231 g/mol. The monoisotopic (exact) mass is 231 g/mol. The van der Waals surface area contributed by atoms with Crippen molar-refractivity contribution in [2.45, 2.75) is 6.54 Å². The van der Waals surface area contributed by atoms with Gasteiger partial charge in [0.2, 0.25) is 0 Å². The summed E-state index contributed by atoms with van der Waals surface area (Å²) < 4.78 is 37.0. The van der Waals surface area contributed by atoms with Crippen LogP contribution in [0.3, 0.4) is 0 Å². The Morgan fingerprint density at radius 2 is 2.13 bits per heavy atom. The largest absolute Gasteiger partial charge is 0.488 e. The fourth-order valence-corrected chi connectivity index (χ4v) is 1.78. The molecule has 7 heteroatoms. The maximum Gasteiger partial charge on any atom is 0.488 e. The van der Waals surface area contributed by atoms with E-state index in [0.29, 0.717) is 11.1 Å². The average Bonchev–Trinajstić information content (AvgIpc) is 2.47. The predicted molar refractivity (Wildman–Crippen MR) is 48.3 cm³/mol. The number of hydrogen-bond acceptors (Lipinski definition) is 4. The molecule has 0 bridgehead atoms. The Kier molecular flexibility index (Phi) is 2.11. The van der Waals surface area contributed by atoms with Crippen LogP contribution in [0.25, 0.3) is 0 Å². The molecule has 0 fully saturated rings. The van der Waals surface area contributed by atoms with E-state index in [2.05, 4.69) is 9.50 Å². The molecule has 0 radical (unpaired) electrons. The predicted octanol–water partition coefficient (Wildman–Crippen LogP) is 0.523. The normalized spacial score (nSPS) is 14.6. The molecule has 0 unspecified atom stereocenters. The van der Waals surface area contributed by atoms with E-state index in [1.807, 2.05) is 0 Å². The SMILES string of the molecule is O=C1NCc2c(OS(=O)(=O)F)cccc21. The van der Waals surface area contributed by atoms with Crippen molar-refractivity contribution in [2.24, 2.45) is 0 Å². The third-order valence-electron chi connectivity index (χ3n) is 1.99. The van der Waals surface area contributed by atoms with Gasteiger partial charge < -0.3 is 9.50 Å². The molecular formula is C8H6FNO4S. The zero-order valence-electron chi connectivity index (χ0n) is 7.36. The van der Waals surface area contributed by atoms with Gasteiger partial charge in [0.25, 0.3) is 5.91 Å². The molecule has 0 spiro atoms. The molecule has 1 amide bonds. The van der Waals surface area contributed by atoms with Crippen LogP contribution in [-0.4, -0.2) is 14.3 Å². The number of nitrogens with one attached hydrogen (secondary N) is 1. The van der Waals surface area contributed by atoms with Gasteiger partial charge in [-0.2, -0.15) is 8.42 Å². The minimum atomic E-state index is -5.06. The highest BCUT2D eigenvalue weighted by Gasteiger charge is 2.24. The van der Waals surface area contributed by atoms with Crippen LogP contribution in [0.1, 0.15) is 15.9 Å². The smallest absolute Gasteiger partial charge is 0.358 e. The second-order valence-corrected chi connectivity index (χ2v) is 3.89. The van der Waals surface area contributed by atoms with Gasteiger partial charge in [0, 0.05) is 17.7 Å². The summed E-state index contributed by atoms with van der Waals surface area (Å²) in [5.41, 5.74) is 0.653. The number of carbonyl (C=O) groups excluding carboxylic acids is 1. The van der Waals surface area contributed by atoms with E-state index in [4.69, 9.17) is 0 Å². The molecule has 1 aliphatic heterocycles. The number of benzene rings is 1. The molecule has 0 saturated carbocycles. The highest BCUT2D eigenvalue weighted by atomic mass is 32.3. The molecule has 1 N–H and O–H groups in total. The van der Waals surface area contributed by atoms with Crippen molar-refractivity contribution in [3.05, 3.63) is 29.3 Å². The molecule has 0 aliphatic carbocycles. The highest BCUT2D eigenvalue weighted by molar-refractivity contribution is 7.81. The van der Waals surface area contributed by atoms with Gasteiger partial charge in [-0.1, -0.05) is 9.95 Å². The van der Waals surface area contributed by atoms with Crippen molar-refractivity contribution < 1.29 is 21.3 Å². The molecule has 1 heterocycles. The summed E-state index contributed by atoms with van der Waals surface area (Å²) in [5.74, 6) is -0.486. The van der Waals surface area contributed by atoms with Gasteiger partial charge >= 0.3 is 10.5 Å². The fraction of sp³-hybridized carbons (Fsp3) is 0.125. The first-order valence-electron chi connectivity index (χ1n) is 4.01. The first-order valence-corrected chi connectivity index (χ1v) is 5.32. The lowest BCUT2D eigenvalue weighted by Crippen LogP contribution is -2.12. The molecule has 80 valence electrons. The van der Waals surface area contributed by atoms with Crippen molar-refractivity contribution in [1.82, 2.24) is 5.32 Å². The van der Waals surface area contributed by atoms with Crippen LogP contribution in [-0.2, 0) is 17.0 Å². The number of halogens is 1. The van der Waals surface area contributed by atoms with E-state index in [9.17, 15) is 17.1 Å². The first kappa shape index (κ1) is 9.91. The Bertz CT molecular complexity index is 525. The van der Waals surface area contributed by atoms with Crippen LogP contribution in [0.2, 0.25) is 0 Å². The molecule has 0 saturated heterocycles. The third kappa shape index (κ3) is 1.91. The second kappa shape index (κ2) is 3.20. The van der Waals surface area contributed by atoms with Crippen LogP contribution < -0.4 is 9.50 Å². The summed E-state index contributed by atoms with van der Waals surface area (Å²) in [6.07, 6.45) is 0. The molecule has 1 aromatic rings. The van der Waals surface area contributed by atoms with Crippen LogP contribution >= 0.6 is 0 Å². The van der Waals surface area contributed by atoms with Crippen molar-refractivity contribution >= 4 is 16.4 Å². The summed E-state index contributed by atoms with van der Waals surface area (Å²) in [7, 11) is -5.06. The Morgan fingerprint density at radius 1 is 1.40 bits per heavy atom. The zero-order chi connectivity index (χ0) is 11.1. The highest BCUT2D eigenvalue weighted by Crippen LogP contribution is 2.27. The van der Waals surface area contributed by atoms with Crippen molar-refractivity contribution in [3.63, 3.8) is 0 Å². The van der Waals surface area contributed by atoms with Gasteiger partial charge in [0.05, 0.1) is 0 Å². The Balaban J connectivity index is 2.47. The molecule has 5 nitrogen and oxygen atoms in total. The summed E-state index contributed by atoms with van der Waals surface area (Å²) in [6.45, 7) is 0.139. The van der Waals surface area contributed by atoms with E-state index < -0.39 is 10.5 Å². The van der Waals surface area contributed by atoms with Gasteiger partial charge in [-0.05, 0) is 12.1 Å². The second-order valence-electron chi connectivity index (χ2n) is 2.94. The molecule has 2 rings (SSSR count). The van der Waals surface area contributed by atoms with Crippen molar-refractivity contribution in [2.75, 3.05) is 0 Å². The number of fused-ring (bicyclic) bond motifs is 1. The number of carbonyl (C=O) groups is 1. The van der Waals surface area contributed by atoms with Crippen molar-refractivity contribution in [1.29, 1.82) is 0 Å². The molecule has 0 aromatic heterocycles. The van der Waals surface area contributed by atoms with E-state index in [0.717, 1.165) is 0 Å². The number of hydrogen-bond donors (Lipinski definition) is 1. The molecule has 0 atom stereocenters. The van der Waals surface area contributed by atoms with Gasteiger partial charge in [0.15, 0.2) is 5.75 Å². The van der Waals surface area contributed by atoms with Crippen LogP contribution in [0, 0.1) is 0 Å². The van der Waals surface area contributed by atoms with Gasteiger partial charge in [-0.3, -0.25) is 4.79 Å². The van der Waals surface area contributed by atoms with Crippen molar-refractivity contribution in [3.8, 4) is 5.75 Å². The lowest BCUT2D eigenvalue weighted by Gasteiger charge is -2.03. The summed E-state index contributed by atoms with van der Waals surface area (Å²) in [4.78, 5) is 11.2. The minimum absolute atomic E-state index is 0.139. The number of rotatable bonds is 2. The Labute approximate surface area is 85.3 Å². The standard InChI is InChI=1S/C8H6FNO4S/c9-15(12,13)14-7-3-1-2-5-6(7)4-10-8(5)11/h1-3H,4H2,(H,10,11). The fourth-order valence-electron chi connectivity index (χ4n) is 1.41.